The summed E-state index contributed by atoms with van der Waals surface area (Å²) in [6, 6.07) is 0. The summed E-state index contributed by atoms with van der Waals surface area (Å²) in [6.45, 7) is 9.03. The Kier molecular flexibility index (Phi) is 5.99. The first-order valence-corrected chi connectivity index (χ1v) is 8.02. The van der Waals surface area contributed by atoms with Crippen LogP contribution in [-0.4, -0.2) is 30.7 Å². The maximum atomic E-state index is 12.6. The van der Waals surface area contributed by atoms with Gasteiger partial charge in [-0.2, -0.15) is 0 Å². The molecule has 0 unspecified atom stereocenters. The minimum atomic E-state index is -3.45. The second kappa shape index (κ2) is 7.07. The molecule has 1 heterocycles. The molecule has 0 aromatic carbocycles. The molecule has 0 aromatic heterocycles. The third-order valence-electron chi connectivity index (χ3n) is 2.31. The first-order chi connectivity index (χ1) is 9.27. The fraction of sp³-hybridized carbons (Fsp3) is 0.615. The van der Waals surface area contributed by atoms with Crippen LogP contribution in [-0.2, 0) is 18.3 Å². The quantitative estimate of drug-likeness (QED) is 0.637. The Balaban J connectivity index is 2.75. The van der Waals surface area contributed by atoms with Crippen LogP contribution in [0.1, 0.15) is 27.2 Å². The van der Waals surface area contributed by atoms with E-state index in [-0.39, 0.29) is 13.2 Å². The van der Waals surface area contributed by atoms with Crippen LogP contribution in [0.25, 0.3) is 0 Å². The fourth-order valence-corrected chi connectivity index (χ4v) is 3.21. The second-order valence-electron chi connectivity index (χ2n) is 5.29. The SMILES string of the molecule is C=CCO[P@]1(=O)OCC=CC[C@H]1NC(=O)OC(C)(C)C. The molecular weight excluding hydrogens is 281 g/mol. The number of carbonyl (C=O) groups excluding carboxylic acids is 1. The van der Waals surface area contributed by atoms with Crippen LogP contribution in [0.3, 0.4) is 0 Å². The Hall–Kier alpha value is -1.10. The number of amides is 1. The number of ether oxygens (including phenoxy) is 1. The molecule has 7 heteroatoms. The monoisotopic (exact) mass is 303 g/mol. The molecule has 0 aliphatic carbocycles. The number of carbonyl (C=O) groups is 1. The lowest BCUT2D eigenvalue weighted by atomic mass is 10.2. The summed E-state index contributed by atoms with van der Waals surface area (Å²) in [7, 11) is -3.45. The number of rotatable bonds is 4. The zero-order valence-electron chi connectivity index (χ0n) is 12.1. The van der Waals surface area contributed by atoms with E-state index in [0.717, 1.165) is 0 Å². The maximum Gasteiger partial charge on any atom is 0.408 e. The molecule has 0 spiro atoms. The van der Waals surface area contributed by atoms with Crippen molar-refractivity contribution in [2.75, 3.05) is 13.2 Å². The van der Waals surface area contributed by atoms with Gasteiger partial charge in [-0.3, -0.25) is 4.57 Å². The van der Waals surface area contributed by atoms with Gasteiger partial charge in [0.25, 0.3) is 0 Å². The average molecular weight is 303 g/mol. The van der Waals surface area contributed by atoms with Crippen LogP contribution in [0.2, 0.25) is 0 Å². The fourth-order valence-electron chi connectivity index (χ4n) is 1.52. The van der Waals surface area contributed by atoms with Crippen LogP contribution in [0.15, 0.2) is 24.8 Å². The van der Waals surface area contributed by atoms with Gasteiger partial charge in [0.2, 0.25) is 0 Å². The van der Waals surface area contributed by atoms with Crippen LogP contribution in [0, 0.1) is 0 Å². The summed E-state index contributed by atoms with van der Waals surface area (Å²) in [4.78, 5) is 11.8. The Morgan fingerprint density at radius 1 is 1.55 bits per heavy atom. The first-order valence-electron chi connectivity index (χ1n) is 6.41. The van der Waals surface area contributed by atoms with Gasteiger partial charge in [0.1, 0.15) is 11.4 Å². The lowest BCUT2D eigenvalue weighted by molar-refractivity contribution is 0.0511. The largest absolute Gasteiger partial charge is 0.444 e. The molecule has 0 saturated heterocycles. The van der Waals surface area contributed by atoms with Gasteiger partial charge in [0, 0.05) is 0 Å². The zero-order chi connectivity index (χ0) is 15.2. The van der Waals surface area contributed by atoms with Gasteiger partial charge in [-0.25, -0.2) is 4.79 Å². The molecule has 1 rings (SSSR count). The minimum absolute atomic E-state index is 0.0871. The predicted octanol–water partition coefficient (Wildman–Crippen LogP) is 3.21. The van der Waals surface area contributed by atoms with Crippen LogP contribution in [0.5, 0.6) is 0 Å². The van der Waals surface area contributed by atoms with Gasteiger partial charge in [0.05, 0.1) is 13.2 Å². The first kappa shape index (κ1) is 17.0. The van der Waals surface area contributed by atoms with Crippen molar-refractivity contribution in [3.8, 4) is 0 Å². The van der Waals surface area contributed by atoms with E-state index in [9.17, 15) is 9.36 Å². The van der Waals surface area contributed by atoms with Gasteiger partial charge in [-0.1, -0.05) is 18.2 Å². The minimum Gasteiger partial charge on any atom is -0.444 e. The summed E-state index contributed by atoms with van der Waals surface area (Å²) < 4.78 is 28.3. The molecule has 0 saturated carbocycles. The van der Waals surface area contributed by atoms with Gasteiger partial charge < -0.3 is 19.1 Å². The molecule has 1 N–H and O–H groups in total. The summed E-state index contributed by atoms with van der Waals surface area (Å²) in [6.07, 6.45) is 4.71. The van der Waals surface area contributed by atoms with E-state index >= 15 is 0 Å². The number of alkyl carbamates (subject to hydrolysis) is 1. The van der Waals surface area contributed by atoms with Crippen LogP contribution < -0.4 is 5.32 Å². The molecule has 114 valence electrons. The average Bonchev–Trinajstić information content (AvgIpc) is 2.48. The van der Waals surface area contributed by atoms with Crippen molar-refractivity contribution in [3.63, 3.8) is 0 Å². The van der Waals surface area contributed by atoms with Gasteiger partial charge in [-0.05, 0) is 27.2 Å². The van der Waals surface area contributed by atoms with Crippen molar-refractivity contribution < 1.29 is 23.1 Å². The van der Waals surface area contributed by atoms with Crippen molar-refractivity contribution in [1.29, 1.82) is 0 Å². The van der Waals surface area contributed by atoms with E-state index in [1.165, 1.54) is 6.08 Å². The third-order valence-corrected chi connectivity index (χ3v) is 4.44. The van der Waals surface area contributed by atoms with Crippen molar-refractivity contribution in [2.24, 2.45) is 0 Å². The van der Waals surface area contributed by atoms with E-state index < -0.39 is 25.1 Å². The Bertz CT molecular complexity index is 427. The Labute approximate surface area is 119 Å². The molecule has 20 heavy (non-hydrogen) atoms. The highest BCUT2D eigenvalue weighted by Crippen LogP contribution is 2.54. The molecule has 0 fully saturated rings. The van der Waals surface area contributed by atoms with E-state index in [0.29, 0.717) is 6.42 Å². The van der Waals surface area contributed by atoms with Crippen LogP contribution in [0.4, 0.5) is 4.79 Å². The lowest BCUT2D eigenvalue weighted by Crippen LogP contribution is -2.39. The zero-order valence-corrected chi connectivity index (χ0v) is 13.0. The highest BCUT2D eigenvalue weighted by atomic mass is 31.2. The molecule has 2 atom stereocenters. The highest BCUT2D eigenvalue weighted by molar-refractivity contribution is 7.54. The van der Waals surface area contributed by atoms with Gasteiger partial charge in [-0.15, -0.1) is 6.58 Å². The van der Waals surface area contributed by atoms with Crippen LogP contribution >= 0.6 is 7.60 Å². The highest BCUT2D eigenvalue weighted by Gasteiger charge is 2.38. The molecule has 0 radical (unpaired) electrons. The topological polar surface area (TPSA) is 73.9 Å². The Morgan fingerprint density at radius 2 is 2.25 bits per heavy atom. The number of hydrogen-bond acceptors (Lipinski definition) is 5. The molecule has 0 aromatic rings. The van der Waals surface area contributed by atoms with E-state index in [2.05, 4.69) is 11.9 Å². The summed E-state index contributed by atoms with van der Waals surface area (Å²) in [5.41, 5.74) is -0.628. The smallest absolute Gasteiger partial charge is 0.408 e. The summed E-state index contributed by atoms with van der Waals surface area (Å²) in [5.74, 6) is -0.768. The van der Waals surface area contributed by atoms with Crippen molar-refractivity contribution in [3.05, 3.63) is 24.8 Å². The van der Waals surface area contributed by atoms with Crippen molar-refractivity contribution in [1.82, 2.24) is 5.32 Å². The molecular formula is C13H22NO5P. The second-order valence-corrected chi connectivity index (χ2v) is 7.51. The normalized spacial score (nSPS) is 26.6. The summed E-state index contributed by atoms with van der Waals surface area (Å²) >= 11 is 0. The van der Waals surface area contributed by atoms with E-state index in [1.54, 1.807) is 32.9 Å². The summed E-state index contributed by atoms with van der Waals surface area (Å²) in [5, 5.41) is 2.56. The lowest BCUT2D eigenvalue weighted by Gasteiger charge is -2.27. The van der Waals surface area contributed by atoms with Gasteiger partial charge >= 0.3 is 13.7 Å². The molecule has 1 aliphatic heterocycles. The molecule has 6 nitrogen and oxygen atoms in total. The molecule has 1 aliphatic rings. The van der Waals surface area contributed by atoms with E-state index in [1.807, 2.05) is 0 Å². The predicted molar refractivity (Wildman–Crippen MR) is 76.6 cm³/mol. The number of nitrogens with one attached hydrogen (secondary N) is 1. The maximum absolute atomic E-state index is 12.6. The standard InChI is InChI=1S/C13H22NO5P/c1-5-9-17-20(16)11(8-6-7-10-18-20)14-12(15)19-13(2,3)4/h5-7,11H,1,8-10H2,2-4H3,(H,14,15)/t11-,20-/m0/s1. The van der Waals surface area contributed by atoms with Crippen molar-refractivity contribution >= 4 is 13.7 Å². The van der Waals surface area contributed by atoms with E-state index in [4.69, 9.17) is 13.8 Å². The number of hydrogen-bond donors (Lipinski definition) is 1. The van der Waals surface area contributed by atoms with Gasteiger partial charge in [0.15, 0.2) is 0 Å². The third kappa shape index (κ3) is 5.49. The molecule has 1 amide bonds. The Morgan fingerprint density at radius 3 is 2.85 bits per heavy atom. The molecule has 0 bridgehead atoms. The van der Waals surface area contributed by atoms with Crippen molar-refractivity contribution in [2.45, 2.75) is 38.6 Å².